The van der Waals surface area contributed by atoms with Crippen LogP contribution in [0.4, 0.5) is 17.1 Å². The highest BCUT2D eigenvalue weighted by atomic mass is 32.2. The van der Waals surface area contributed by atoms with Crippen LogP contribution in [0, 0.1) is 10.1 Å². The van der Waals surface area contributed by atoms with Gasteiger partial charge in [0.25, 0.3) is 23.4 Å². The van der Waals surface area contributed by atoms with Crippen molar-refractivity contribution in [1.29, 1.82) is 0 Å². The van der Waals surface area contributed by atoms with E-state index < -0.39 is 16.7 Å². The maximum atomic E-state index is 13.4. The molecule has 0 fully saturated rings. The SMILES string of the molecule is O=C(CSc1cccc(NC(=O)/C(=C\c2ccc([N+](=O)[O-])cc2)NC(=O)c2ccccc2)c1)NC1=NN(c2ccccc2)C(=O)C1. The minimum atomic E-state index is -0.630. The molecule has 46 heavy (non-hydrogen) atoms. The first-order valence-electron chi connectivity index (χ1n) is 13.9. The molecule has 0 spiro atoms. The van der Waals surface area contributed by atoms with Crippen molar-refractivity contribution in [3.8, 4) is 0 Å². The van der Waals surface area contributed by atoms with Crippen LogP contribution in [0.5, 0.6) is 0 Å². The fourth-order valence-corrected chi connectivity index (χ4v) is 5.03. The van der Waals surface area contributed by atoms with Crippen molar-refractivity contribution in [3.05, 3.63) is 136 Å². The normalized spacial score (nSPS) is 12.7. The second-order valence-electron chi connectivity index (χ2n) is 9.81. The summed E-state index contributed by atoms with van der Waals surface area (Å²) in [5, 5.41) is 24.6. The Balaban J connectivity index is 1.24. The first-order valence-corrected chi connectivity index (χ1v) is 14.9. The molecule has 4 amide bonds. The largest absolute Gasteiger partial charge is 0.321 e. The van der Waals surface area contributed by atoms with E-state index >= 15 is 0 Å². The molecule has 230 valence electrons. The van der Waals surface area contributed by atoms with Gasteiger partial charge in [-0.2, -0.15) is 10.1 Å². The fraction of sp³-hybridized carbons (Fsp3) is 0.0606. The van der Waals surface area contributed by atoms with Crippen molar-refractivity contribution in [2.24, 2.45) is 5.10 Å². The molecule has 4 aromatic carbocycles. The van der Waals surface area contributed by atoms with Crippen molar-refractivity contribution in [2.75, 3.05) is 16.1 Å². The Bertz CT molecular complexity index is 1850. The van der Waals surface area contributed by atoms with Gasteiger partial charge in [-0.1, -0.05) is 42.5 Å². The number of thioether (sulfide) groups is 1. The van der Waals surface area contributed by atoms with Crippen LogP contribution in [0.2, 0.25) is 0 Å². The number of nitro benzene ring substituents is 1. The zero-order valence-electron chi connectivity index (χ0n) is 24.1. The van der Waals surface area contributed by atoms with Crippen molar-refractivity contribution in [2.45, 2.75) is 11.3 Å². The molecule has 1 aliphatic heterocycles. The quantitative estimate of drug-likeness (QED) is 0.0961. The molecule has 1 aliphatic rings. The third-order valence-electron chi connectivity index (χ3n) is 6.47. The molecule has 0 radical (unpaired) electrons. The maximum Gasteiger partial charge on any atom is 0.272 e. The van der Waals surface area contributed by atoms with Crippen molar-refractivity contribution < 1.29 is 24.1 Å². The number of amidine groups is 1. The summed E-state index contributed by atoms with van der Waals surface area (Å²) in [6, 6.07) is 29.6. The third kappa shape index (κ3) is 8.30. The number of para-hydroxylation sites is 1. The number of carbonyl (C=O) groups is 4. The smallest absolute Gasteiger partial charge is 0.272 e. The summed E-state index contributed by atoms with van der Waals surface area (Å²) in [4.78, 5) is 62.4. The lowest BCUT2D eigenvalue weighted by molar-refractivity contribution is -0.384. The average molecular weight is 635 g/mol. The first kappa shape index (κ1) is 31.3. The van der Waals surface area contributed by atoms with E-state index in [4.69, 9.17) is 0 Å². The molecule has 5 rings (SSSR count). The van der Waals surface area contributed by atoms with Crippen LogP contribution in [-0.4, -0.2) is 40.1 Å². The van der Waals surface area contributed by atoms with Crippen LogP contribution >= 0.6 is 11.8 Å². The Labute approximate surface area is 267 Å². The molecule has 0 saturated heterocycles. The van der Waals surface area contributed by atoms with Crippen LogP contribution in [0.1, 0.15) is 22.3 Å². The molecule has 13 heteroatoms. The molecule has 0 atom stereocenters. The average Bonchev–Trinajstić information content (AvgIpc) is 3.44. The number of rotatable bonds is 10. The van der Waals surface area contributed by atoms with Gasteiger partial charge < -0.3 is 16.0 Å². The maximum absolute atomic E-state index is 13.4. The van der Waals surface area contributed by atoms with Crippen molar-refractivity contribution in [1.82, 2.24) is 10.6 Å². The second kappa shape index (κ2) is 14.6. The lowest BCUT2D eigenvalue weighted by Crippen LogP contribution is -2.31. The van der Waals surface area contributed by atoms with Crippen LogP contribution in [0.3, 0.4) is 0 Å². The van der Waals surface area contributed by atoms with Gasteiger partial charge in [-0.25, -0.2) is 0 Å². The number of nitrogens with zero attached hydrogens (tertiary/aromatic N) is 3. The summed E-state index contributed by atoms with van der Waals surface area (Å²) in [7, 11) is 0. The van der Waals surface area contributed by atoms with Crippen LogP contribution < -0.4 is 21.0 Å². The number of carbonyl (C=O) groups excluding carboxylic acids is 4. The summed E-state index contributed by atoms with van der Waals surface area (Å²) < 4.78 is 0. The van der Waals surface area contributed by atoms with E-state index in [9.17, 15) is 29.3 Å². The number of benzene rings is 4. The van der Waals surface area contributed by atoms with Crippen molar-refractivity contribution >= 4 is 64.4 Å². The second-order valence-corrected chi connectivity index (χ2v) is 10.9. The third-order valence-corrected chi connectivity index (χ3v) is 7.46. The highest BCUT2D eigenvalue weighted by Crippen LogP contribution is 2.23. The summed E-state index contributed by atoms with van der Waals surface area (Å²) >= 11 is 1.22. The highest BCUT2D eigenvalue weighted by Gasteiger charge is 2.26. The number of non-ortho nitro benzene ring substituents is 1. The van der Waals surface area contributed by atoms with E-state index in [0.717, 1.165) is 0 Å². The molecule has 12 nitrogen and oxygen atoms in total. The van der Waals surface area contributed by atoms with Crippen molar-refractivity contribution in [3.63, 3.8) is 0 Å². The Morgan fingerprint density at radius 2 is 1.59 bits per heavy atom. The summed E-state index contributed by atoms with van der Waals surface area (Å²) in [6.45, 7) is 0. The molecular formula is C33H26N6O6S. The zero-order chi connectivity index (χ0) is 32.5. The van der Waals surface area contributed by atoms with Gasteiger partial charge in [0, 0.05) is 28.3 Å². The molecule has 0 aliphatic carbocycles. The standard InChI is InChI=1S/C33H26N6O6S/c40-30(36-29-20-31(41)38(37-29)25-11-5-2-6-12-25)21-46-27-13-7-10-24(19-27)34-33(43)28(35-32(42)23-8-3-1-4-9-23)18-22-14-16-26(17-15-22)39(44)45/h1-19H,20-21H2,(H,34,43)(H,35,42)(H,36,37,40)/b28-18+. The number of hydrazone groups is 1. The van der Waals surface area contributed by atoms with Gasteiger partial charge in [0.05, 0.1) is 22.8 Å². The number of nitrogens with one attached hydrogen (secondary N) is 3. The van der Waals surface area contributed by atoms with E-state index in [1.165, 1.54) is 47.1 Å². The number of anilines is 2. The van der Waals surface area contributed by atoms with E-state index in [1.54, 1.807) is 78.9 Å². The fourth-order valence-electron chi connectivity index (χ4n) is 4.28. The van der Waals surface area contributed by atoms with Crippen LogP contribution in [-0.2, 0) is 14.4 Å². The predicted molar refractivity (Wildman–Crippen MR) is 175 cm³/mol. The number of nitro groups is 1. The Kier molecular flexibility index (Phi) is 9.95. The summed E-state index contributed by atoms with van der Waals surface area (Å²) in [6.07, 6.45) is 1.39. The lowest BCUT2D eigenvalue weighted by Gasteiger charge is -2.12. The lowest BCUT2D eigenvalue weighted by atomic mass is 10.1. The molecule has 0 unspecified atom stereocenters. The molecule has 4 aromatic rings. The molecule has 0 saturated carbocycles. The number of hydrogen-bond donors (Lipinski definition) is 3. The monoisotopic (exact) mass is 634 g/mol. The van der Waals surface area contributed by atoms with E-state index in [2.05, 4.69) is 21.1 Å². The predicted octanol–water partition coefficient (Wildman–Crippen LogP) is 4.96. The minimum Gasteiger partial charge on any atom is -0.321 e. The highest BCUT2D eigenvalue weighted by molar-refractivity contribution is 8.00. The van der Waals surface area contributed by atoms with Crippen LogP contribution in [0.25, 0.3) is 6.08 Å². The van der Waals surface area contributed by atoms with Gasteiger partial charge >= 0.3 is 0 Å². The minimum absolute atomic E-state index is 0.0222. The van der Waals surface area contributed by atoms with Gasteiger partial charge in [-0.3, -0.25) is 29.3 Å². The van der Waals surface area contributed by atoms with Gasteiger partial charge in [0.15, 0.2) is 0 Å². The van der Waals surface area contributed by atoms with Gasteiger partial charge in [0.1, 0.15) is 11.5 Å². The van der Waals surface area contributed by atoms with E-state index in [-0.39, 0.29) is 41.2 Å². The van der Waals surface area contributed by atoms with Gasteiger partial charge in [0.2, 0.25) is 5.91 Å². The summed E-state index contributed by atoms with van der Waals surface area (Å²) in [5.74, 6) is -1.47. The summed E-state index contributed by atoms with van der Waals surface area (Å²) in [5.41, 5.74) is 1.61. The van der Waals surface area contributed by atoms with E-state index in [0.29, 0.717) is 27.4 Å². The van der Waals surface area contributed by atoms with Crippen LogP contribution in [0.15, 0.2) is 125 Å². The molecular weight excluding hydrogens is 608 g/mol. The Hall–Kier alpha value is -6.08. The Morgan fingerprint density at radius 1 is 0.891 bits per heavy atom. The molecule has 0 aromatic heterocycles. The zero-order valence-corrected chi connectivity index (χ0v) is 24.9. The Morgan fingerprint density at radius 3 is 2.28 bits per heavy atom. The first-order chi connectivity index (χ1) is 22.2. The van der Waals surface area contributed by atoms with E-state index in [1.807, 2.05) is 6.07 Å². The van der Waals surface area contributed by atoms with Gasteiger partial charge in [-0.05, 0) is 66.2 Å². The molecule has 3 N–H and O–H groups in total. The number of hydrogen-bond acceptors (Lipinski definition) is 8. The number of amides is 4. The topological polar surface area (TPSA) is 163 Å². The molecule has 0 bridgehead atoms. The molecule has 1 heterocycles. The van der Waals surface area contributed by atoms with Gasteiger partial charge in [-0.15, -0.1) is 11.8 Å².